The number of halogens is 3. The van der Waals surface area contributed by atoms with Crippen molar-refractivity contribution >= 4 is 45.8 Å². The van der Waals surface area contributed by atoms with Crippen LogP contribution in [0.3, 0.4) is 0 Å². The Kier molecular flexibility index (Phi) is 6.97. The molecule has 3 aromatic rings. The van der Waals surface area contributed by atoms with Crippen molar-refractivity contribution in [3.05, 3.63) is 84.2 Å². The first-order valence-electron chi connectivity index (χ1n) is 10.9. The average Bonchev–Trinajstić information content (AvgIpc) is 3.30. The highest BCUT2D eigenvalue weighted by Gasteiger charge is 2.34. The highest BCUT2D eigenvalue weighted by molar-refractivity contribution is 14.1. The summed E-state index contributed by atoms with van der Waals surface area (Å²) >= 11 is 14.5. The van der Waals surface area contributed by atoms with Crippen LogP contribution in [0.5, 0.6) is 28.7 Å². The maximum Gasteiger partial charge on any atom is 0.231 e. The van der Waals surface area contributed by atoms with Gasteiger partial charge in [-0.2, -0.15) is 5.26 Å². The Morgan fingerprint density at radius 1 is 1.08 bits per heavy atom. The second kappa shape index (κ2) is 10.2. The molecular weight excluding hydrogens is 618 g/mol. The fourth-order valence-corrected chi connectivity index (χ4v) is 5.38. The summed E-state index contributed by atoms with van der Waals surface area (Å²) in [5, 5.41) is 11.0. The van der Waals surface area contributed by atoms with Crippen LogP contribution >= 0.6 is 45.8 Å². The normalized spacial score (nSPS) is 15.7. The second-order valence-electron chi connectivity index (χ2n) is 7.96. The predicted octanol–water partition coefficient (Wildman–Crippen LogP) is 6.52. The minimum absolute atomic E-state index is 0.0412. The van der Waals surface area contributed by atoms with E-state index < -0.39 is 5.92 Å². The number of ether oxygens (including phenoxy) is 5. The van der Waals surface area contributed by atoms with E-state index in [1.54, 1.807) is 18.2 Å². The number of nitrogens with two attached hydrogens (primary N) is 1. The molecule has 36 heavy (non-hydrogen) atoms. The average molecular weight is 637 g/mol. The lowest BCUT2D eigenvalue weighted by atomic mass is 9.83. The number of nitriles is 1. The van der Waals surface area contributed by atoms with Gasteiger partial charge in [-0.05, 0) is 65.4 Å². The fraction of sp³-hybridized carbons (Fsp3) is 0.192. The van der Waals surface area contributed by atoms with Gasteiger partial charge in [0, 0.05) is 27.2 Å². The maximum absolute atomic E-state index is 9.96. The number of hydrogen-bond acceptors (Lipinski definition) is 7. The van der Waals surface area contributed by atoms with Gasteiger partial charge in [-0.25, -0.2) is 0 Å². The third kappa shape index (κ3) is 4.59. The quantitative estimate of drug-likeness (QED) is 0.308. The Hall–Kier alpha value is -3.00. The summed E-state index contributed by atoms with van der Waals surface area (Å²) in [7, 11) is 0. The molecule has 5 rings (SSSR count). The zero-order valence-corrected chi connectivity index (χ0v) is 22.6. The molecule has 0 amide bonds. The Bertz CT molecular complexity index is 1440. The van der Waals surface area contributed by atoms with Crippen LogP contribution < -0.4 is 29.4 Å². The first kappa shape index (κ1) is 24.7. The van der Waals surface area contributed by atoms with Crippen molar-refractivity contribution in [1.29, 1.82) is 5.26 Å². The molecule has 0 aromatic heterocycles. The molecule has 2 N–H and O–H groups in total. The monoisotopic (exact) mass is 636 g/mol. The molecule has 7 nitrogen and oxygen atoms in total. The Morgan fingerprint density at radius 2 is 1.86 bits per heavy atom. The van der Waals surface area contributed by atoms with Gasteiger partial charge in [0.2, 0.25) is 12.7 Å². The van der Waals surface area contributed by atoms with Gasteiger partial charge in [-0.3, -0.25) is 0 Å². The molecule has 2 heterocycles. The lowest BCUT2D eigenvalue weighted by molar-refractivity contribution is 0.174. The van der Waals surface area contributed by atoms with Crippen LogP contribution in [0, 0.1) is 14.9 Å². The molecule has 0 saturated carbocycles. The first-order valence-corrected chi connectivity index (χ1v) is 12.8. The van der Waals surface area contributed by atoms with Crippen LogP contribution in [-0.2, 0) is 6.61 Å². The van der Waals surface area contributed by atoms with Crippen molar-refractivity contribution < 1.29 is 23.7 Å². The predicted molar refractivity (Wildman–Crippen MR) is 143 cm³/mol. The van der Waals surface area contributed by atoms with E-state index in [2.05, 4.69) is 28.7 Å². The van der Waals surface area contributed by atoms with E-state index in [1.807, 2.05) is 31.2 Å². The van der Waals surface area contributed by atoms with E-state index in [4.69, 9.17) is 52.6 Å². The van der Waals surface area contributed by atoms with Gasteiger partial charge in [0.15, 0.2) is 23.0 Å². The lowest BCUT2D eigenvalue weighted by Gasteiger charge is -2.27. The number of hydrogen-bond donors (Lipinski definition) is 1. The van der Waals surface area contributed by atoms with Gasteiger partial charge in [-0.15, -0.1) is 0 Å². The number of fused-ring (bicyclic) bond motifs is 2. The first-order chi connectivity index (χ1) is 17.4. The molecule has 10 heteroatoms. The Morgan fingerprint density at radius 3 is 2.58 bits per heavy atom. The van der Waals surface area contributed by atoms with Crippen LogP contribution in [0.1, 0.15) is 29.5 Å². The second-order valence-corrected chi connectivity index (χ2v) is 9.96. The fourth-order valence-electron chi connectivity index (χ4n) is 4.14. The summed E-state index contributed by atoms with van der Waals surface area (Å²) in [6, 6.07) is 14.8. The van der Waals surface area contributed by atoms with E-state index in [-0.39, 0.29) is 19.3 Å². The molecule has 2 aliphatic heterocycles. The van der Waals surface area contributed by atoms with Crippen molar-refractivity contribution in [2.75, 3.05) is 13.4 Å². The van der Waals surface area contributed by atoms with E-state index in [0.717, 1.165) is 20.3 Å². The summed E-state index contributed by atoms with van der Waals surface area (Å²) < 4.78 is 29.7. The summed E-state index contributed by atoms with van der Waals surface area (Å²) in [6.45, 7) is 2.66. The van der Waals surface area contributed by atoms with Crippen LogP contribution in [-0.4, -0.2) is 13.4 Å². The Labute approximate surface area is 231 Å². The standard InChI is InChI=1S/C26H19Cl2IN2O5/c1-2-32-23-6-14(5-19(29)25(23)33-11-13-3-4-15(27)7-18(13)28)24-16-8-21-22(35-12-34-21)9-20(16)36-26(31)17(24)10-30/h3-9,24H,2,11-12,31H2,1H3/t24-/m1/s1. The number of allylic oxidation sites excluding steroid dienone is 1. The van der Waals surface area contributed by atoms with Crippen molar-refractivity contribution in [1.82, 2.24) is 0 Å². The van der Waals surface area contributed by atoms with Gasteiger partial charge in [0.05, 0.1) is 16.1 Å². The summed E-state index contributed by atoms with van der Waals surface area (Å²) in [5.74, 6) is 2.30. The molecule has 1 atom stereocenters. The smallest absolute Gasteiger partial charge is 0.231 e. The zero-order valence-electron chi connectivity index (χ0n) is 18.9. The van der Waals surface area contributed by atoms with Crippen LogP contribution in [0.2, 0.25) is 10.0 Å². The largest absolute Gasteiger partial charge is 0.490 e. The highest BCUT2D eigenvalue weighted by Crippen LogP contribution is 2.49. The number of nitrogens with zero attached hydrogens (tertiary/aromatic N) is 1. The van der Waals surface area contributed by atoms with Crippen molar-refractivity contribution in [3.63, 3.8) is 0 Å². The summed E-state index contributed by atoms with van der Waals surface area (Å²) in [6.07, 6.45) is 0. The topological polar surface area (TPSA) is 96.0 Å². The Balaban J connectivity index is 1.56. The molecular formula is C26H19Cl2IN2O5. The summed E-state index contributed by atoms with van der Waals surface area (Å²) in [4.78, 5) is 0. The molecule has 0 spiro atoms. The molecule has 0 bridgehead atoms. The minimum atomic E-state index is -0.499. The van der Waals surface area contributed by atoms with Gasteiger partial charge in [0.25, 0.3) is 0 Å². The molecule has 2 aliphatic rings. The molecule has 0 unspecified atom stereocenters. The third-order valence-electron chi connectivity index (χ3n) is 5.76. The van der Waals surface area contributed by atoms with E-state index in [0.29, 0.717) is 51.0 Å². The van der Waals surface area contributed by atoms with E-state index in [1.165, 1.54) is 0 Å². The van der Waals surface area contributed by atoms with Crippen LogP contribution in [0.4, 0.5) is 0 Å². The van der Waals surface area contributed by atoms with Crippen molar-refractivity contribution in [2.45, 2.75) is 19.4 Å². The lowest BCUT2D eigenvalue weighted by Crippen LogP contribution is -2.21. The van der Waals surface area contributed by atoms with Gasteiger partial charge in [0.1, 0.15) is 24.0 Å². The van der Waals surface area contributed by atoms with Crippen molar-refractivity contribution in [3.8, 4) is 34.8 Å². The van der Waals surface area contributed by atoms with E-state index in [9.17, 15) is 5.26 Å². The van der Waals surface area contributed by atoms with Gasteiger partial charge >= 0.3 is 0 Å². The molecule has 184 valence electrons. The molecule has 0 radical (unpaired) electrons. The molecule has 0 saturated heterocycles. The minimum Gasteiger partial charge on any atom is -0.490 e. The molecule has 3 aromatic carbocycles. The number of benzene rings is 3. The SMILES string of the molecule is CCOc1cc([C@H]2C(C#N)=C(N)Oc3cc4c(cc32)OCO4)cc(I)c1OCc1ccc(Cl)cc1Cl. The summed E-state index contributed by atoms with van der Waals surface area (Å²) in [5.41, 5.74) is 8.78. The highest BCUT2D eigenvalue weighted by atomic mass is 127. The van der Waals surface area contributed by atoms with E-state index >= 15 is 0 Å². The van der Waals surface area contributed by atoms with Crippen LogP contribution in [0.15, 0.2) is 53.9 Å². The third-order valence-corrected chi connectivity index (χ3v) is 7.15. The maximum atomic E-state index is 9.96. The molecule has 0 fully saturated rings. The zero-order chi connectivity index (χ0) is 25.4. The number of rotatable bonds is 6. The van der Waals surface area contributed by atoms with Gasteiger partial charge in [-0.1, -0.05) is 29.3 Å². The molecule has 0 aliphatic carbocycles. The van der Waals surface area contributed by atoms with Crippen LogP contribution in [0.25, 0.3) is 0 Å². The van der Waals surface area contributed by atoms with Gasteiger partial charge < -0.3 is 29.4 Å². The van der Waals surface area contributed by atoms with Crippen molar-refractivity contribution in [2.24, 2.45) is 5.73 Å².